The molecule has 2 aliphatic rings. The highest BCUT2D eigenvalue weighted by Gasteiger charge is 2.40. The summed E-state index contributed by atoms with van der Waals surface area (Å²) in [7, 11) is 0. The van der Waals surface area contributed by atoms with Crippen LogP contribution in [0.25, 0.3) is 0 Å². The summed E-state index contributed by atoms with van der Waals surface area (Å²) in [6.45, 7) is 5.04. The highest BCUT2D eigenvalue weighted by Crippen LogP contribution is 2.50. The average Bonchev–Trinajstić information content (AvgIpc) is 3.09. The first-order valence-electron chi connectivity index (χ1n) is 8.66. The number of hydrogen-bond acceptors (Lipinski definition) is 1. The zero-order valence-electron chi connectivity index (χ0n) is 13.4. The number of rotatable bonds is 6. The first-order chi connectivity index (χ1) is 10.2. The van der Waals surface area contributed by atoms with Crippen molar-refractivity contribution in [1.29, 1.82) is 0 Å². The van der Waals surface area contributed by atoms with Crippen molar-refractivity contribution in [2.45, 2.75) is 58.4 Å². The number of aryl methyl sites for hydroxylation is 1. The fourth-order valence-electron chi connectivity index (χ4n) is 4.45. The summed E-state index contributed by atoms with van der Waals surface area (Å²) in [5, 5.41) is 3.65. The number of nitrogens with one attached hydrogen (secondary N) is 1. The Morgan fingerprint density at radius 3 is 2.76 bits per heavy atom. The summed E-state index contributed by atoms with van der Waals surface area (Å²) in [4.78, 5) is 0. The normalized spacial score (nSPS) is 29.0. The second-order valence-electron chi connectivity index (χ2n) is 7.19. The summed E-state index contributed by atoms with van der Waals surface area (Å²) in [6, 6.07) is 6.10. The van der Waals surface area contributed by atoms with Crippen LogP contribution in [-0.4, -0.2) is 6.54 Å². The second kappa shape index (κ2) is 6.48. The standard InChI is InChI=1S/C19H28FN/c1-3-8-21-19(16-6-4-13(2)18(20)11-16)12-17-10-14-5-7-15(17)9-14/h4,6,11,14-15,17,19,21H,3,5,7-10,12H2,1-2H3. The number of benzene rings is 1. The topological polar surface area (TPSA) is 12.0 Å². The van der Waals surface area contributed by atoms with E-state index in [4.69, 9.17) is 0 Å². The summed E-state index contributed by atoms with van der Waals surface area (Å²) in [5.74, 6) is 2.71. The van der Waals surface area contributed by atoms with Gasteiger partial charge in [-0.1, -0.05) is 25.5 Å². The third-order valence-corrected chi connectivity index (χ3v) is 5.66. The quantitative estimate of drug-likeness (QED) is 0.777. The van der Waals surface area contributed by atoms with Crippen molar-refractivity contribution >= 4 is 0 Å². The molecule has 2 heteroatoms. The molecule has 2 aliphatic carbocycles. The third-order valence-electron chi connectivity index (χ3n) is 5.66. The molecule has 2 saturated carbocycles. The maximum atomic E-state index is 13.9. The highest BCUT2D eigenvalue weighted by molar-refractivity contribution is 5.26. The molecule has 21 heavy (non-hydrogen) atoms. The van der Waals surface area contributed by atoms with Crippen LogP contribution in [0.2, 0.25) is 0 Å². The zero-order valence-corrected chi connectivity index (χ0v) is 13.4. The maximum Gasteiger partial charge on any atom is 0.126 e. The molecule has 4 unspecified atom stereocenters. The number of fused-ring (bicyclic) bond motifs is 2. The van der Waals surface area contributed by atoms with E-state index < -0.39 is 0 Å². The van der Waals surface area contributed by atoms with Crippen molar-refractivity contribution in [1.82, 2.24) is 5.32 Å². The third kappa shape index (κ3) is 3.31. The lowest BCUT2D eigenvalue weighted by Crippen LogP contribution is -2.26. The molecule has 2 fully saturated rings. The van der Waals surface area contributed by atoms with Crippen molar-refractivity contribution in [3.05, 3.63) is 35.1 Å². The maximum absolute atomic E-state index is 13.9. The van der Waals surface area contributed by atoms with E-state index in [0.29, 0.717) is 6.04 Å². The molecular formula is C19H28FN. The summed E-state index contributed by atoms with van der Waals surface area (Å²) >= 11 is 0. The molecule has 0 saturated heterocycles. The van der Waals surface area contributed by atoms with E-state index in [-0.39, 0.29) is 5.82 Å². The summed E-state index contributed by atoms with van der Waals surface area (Å²) in [6.07, 6.45) is 8.05. The predicted molar refractivity (Wildman–Crippen MR) is 85.7 cm³/mol. The predicted octanol–water partition coefficient (Wildman–Crippen LogP) is 5.00. The van der Waals surface area contributed by atoms with Crippen LogP contribution in [-0.2, 0) is 0 Å². The van der Waals surface area contributed by atoms with E-state index in [0.717, 1.165) is 41.8 Å². The molecule has 0 aromatic heterocycles. The van der Waals surface area contributed by atoms with E-state index in [2.05, 4.69) is 18.3 Å². The van der Waals surface area contributed by atoms with Crippen LogP contribution >= 0.6 is 0 Å². The smallest absolute Gasteiger partial charge is 0.126 e. The first kappa shape index (κ1) is 15.0. The molecule has 0 heterocycles. The Hall–Kier alpha value is -0.890. The molecule has 0 radical (unpaired) electrons. The Morgan fingerprint density at radius 1 is 1.29 bits per heavy atom. The Bertz CT molecular complexity index is 484. The van der Waals surface area contributed by atoms with Crippen LogP contribution in [0.15, 0.2) is 18.2 Å². The number of halogens is 1. The highest BCUT2D eigenvalue weighted by atomic mass is 19.1. The van der Waals surface area contributed by atoms with Crippen LogP contribution < -0.4 is 5.32 Å². The fourth-order valence-corrected chi connectivity index (χ4v) is 4.45. The van der Waals surface area contributed by atoms with Crippen molar-refractivity contribution < 1.29 is 4.39 Å². The Labute approximate surface area is 128 Å². The van der Waals surface area contributed by atoms with Crippen molar-refractivity contribution in [3.8, 4) is 0 Å². The molecule has 1 N–H and O–H groups in total. The molecule has 1 nitrogen and oxygen atoms in total. The molecule has 0 amide bonds. The van der Waals surface area contributed by atoms with E-state index in [1.165, 1.54) is 32.1 Å². The van der Waals surface area contributed by atoms with Gasteiger partial charge in [-0.3, -0.25) is 0 Å². The Balaban J connectivity index is 1.72. The Morgan fingerprint density at radius 2 is 2.14 bits per heavy atom. The molecule has 1 aromatic carbocycles. The van der Waals surface area contributed by atoms with E-state index in [1.54, 1.807) is 6.07 Å². The Kier molecular flexibility index (Phi) is 4.63. The molecule has 4 atom stereocenters. The lowest BCUT2D eigenvalue weighted by molar-refractivity contribution is 0.279. The number of hydrogen-bond donors (Lipinski definition) is 1. The van der Waals surface area contributed by atoms with E-state index >= 15 is 0 Å². The molecule has 116 valence electrons. The van der Waals surface area contributed by atoms with E-state index in [1.807, 2.05) is 13.0 Å². The van der Waals surface area contributed by atoms with Gasteiger partial charge in [0.25, 0.3) is 0 Å². The van der Waals surface area contributed by atoms with Crippen molar-refractivity contribution in [2.24, 2.45) is 17.8 Å². The average molecular weight is 289 g/mol. The van der Waals surface area contributed by atoms with Gasteiger partial charge in [0, 0.05) is 6.04 Å². The van der Waals surface area contributed by atoms with Gasteiger partial charge in [-0.05, 0) is 80.5 Å². The largest absolute Gasteiger partial charge is 0.310 e. The van der Waals surface area contributed by atoms with Gasteiger partial charge in [-0.2, -0.15) is 0 Å². The lowest BCUT2D eigenvalue weighted by atomic mass is 9.82. The second-order valence-corrected chi connectivity index (χ2v) is 7.19. The van der Waals surface area contributed by atoms with Gasteiger partial charge < -0.3 is 5.32 Å². The zero-order chi connectivity index (χ0) is 14.8. The lowest BCUT2D eigenvalue weighted by Gasteiger charge is -2.28. The van der Waals surface area contributed by atoms with Crippen LogP contribution in [0, 0.1) is 30.5 Å². The first-order valence-corrected chi connectivity index (χ1v) is 8.66. The van der Waals surface area contributed by atoms with Gasteiger partial charge in [-0.15, -0.1) is 0 Å². The summed E-state index contributed by atoms with van der Waals surface area (Å²) < 4.78 is 13.9. The van der Waals surface area contributed by atoms with Crippen LogP contribution in [0.4, 0.5) is 4.39 Å². The molecule has 0 spiro atoms. The van der Waals surface area contributed by atoms with Gasteiger partial charge in [0.2, 0.25) is 0 Å². The van der Waals surface area contributed by atoms with Gasteiger partial charge in [0.15, 0.2) is 0 Å². The minimum Gasteiger partial charge on any atom is -0.310 e. The molecule has 0 aliphatic heterocycles. The van der Waals surface area contributed by atoms with Crippen LogP contribution in [0.3, 0.4) is 0 Å². The van der Waals surface area contributed by atoms with Crippen LogP contribution in [0.5, 0.6) is 0 Å². The van der Waals surface area contributed by atoms with Crippen LogP contribution in [0.1, 0.15) is 62.6 Å². The SMILES string of the molecule is CCCNC(CC1CC2CCC1C2)c1ccc(C)c(F)c1. The molecule has 1 aromatic rings. The fraction of sp³-hybridized carbons (Fsp3) is 0.684. The van der Waals surface area contributed by atoms with E-state index in [9.17, 15) is 4.39 Å². The molecular weight excluding hydrogens is 261 g/mol. The summed E-state index contributed by atoms with van der Waals surface area (Å²) in [5.41, 5.74) is 1.88. The van der Waals surface area contributed by atoms with Gasteiger partial charge in [-0.25, -0.2) is 4.39 Å². The minimum atomic E-state index is -0.0660. The van der Waals surface area contributed by atoms with Gasteiger partial charge in [0.05, 0.1) is 0 Å². The van der Waals surface area contributed by atoms with Crippen molar-refractivity contribution in [2.75, 3.05) is 6.54 Å². The minimum absolute atomic E-state index is 0.0660. The molecule has 3 rings (SSSR count). The van der Waals surface area contributed by atoms with Crippen molar-refractivity contribution in [3.63, 3.8) is 0 Å². The van der Waals surface area contributed by atoms with Gasteiger partial charge in [0.1, 0.15) is 5.82 Å². The molecule has 2 bridgehead atoms. The monoisotopic (exact) mass is 289 g/mol. The van der Waals surface area contributed by atoms with Gasteiger partial charge >= 0.3 is 0 Å².